The zero-order chi connectivity index (χ0) is 7.68. The van der Waals surface area contributed by atoms with Gasteiger partial charge in [0.1, 0.15) is 5.82 Å². The van der Waals surface area contributed by atoms with E-state index in [1.807, 2.05) is 12.1 Å². The van der Waals surface area contributed by atoms with Crippen molar-refractivity contribution in [3.8, 4) is 0 Å². The molecule has 0 saturated carbocycles. The normalized spacial score (nSPS) is 14.2. The molecule has 0 aliphatic carbocycles. The summed E-state index contributed by atoms with van der Waals surface area (Å²) in [5, 5.41) is 2.71. The summed E-state index contributed by atoms with van der Waals surface area (Å²) in [5.74, 6) is 0.792. The summed E-state index contributed by atoms with van der Waals surface area (Å²) in [4.78, 5) is 14.9. The molecule has 2 heterocycles. The topological polar surface area (TPSA) is 42.0 Å². The molecule has 2 rings (SSSR count). The molecule has 1 aromatic heterocycles. The number of amides is 1. The highest BCUT2D eigenvalue weighted by molar-refractivity contribution is 5.92. The lowest BCUT2D eigenvalue weighted by Gasteiger charge is -2.13. The number of hydrogen-bond acceptors (Lipinski definition) is 2. The molecule has 0 aromatic carbocycles. The first-order chi connectivity index (χ1) is 5.36. The Morgan fingerprint density at radius 2 is 2.25 bits per heavy atom. The van der Waals surface area contributed by atoms with Crippen LogP contribution in [0, 0.1) is 0 Å². The summed E-state index contributed by atoms with van der Waals surface area (Å²) >= 11 is 0. The van der Waals surface area contributed by atoms with Crippen molar-refractivity contribution in [3.63, 3.8) is 0 Å². The summed E-state index contributed by atoms with van der Waals surface area (Å²) in [5.41, 5.74) is 1.13. The zero-order valence-corrected chi connectivity index (χ0v) is 7.23. The second-order valence-corrected chi connectivity index (χ2v) is 2.56. The molecule has 64 valence electrons. The summed E-state index contributed by atoms with van der Waals surface area (Å²) < 4.78 is 0. The van der Waals surface area contributed by atoms with Gasteiger partial charge in [0.2, 0.25) is 5.91 Å². The Hall–Kier alpha value is -1.09. The Labute approximate surface area is 76.6 Å². The molecular formula is C8H9ClN2O. The van der Waals surface area contributed by atoms with Gasteiger partial charge in [0.15, 0.2) is 0 Å². The number of hydrogen-bond donors (Lipinski definition) is 1. The molecule has 0 unspecified atom stereocenters. The van der Waals surface area contributed by atoms with E-state index in [0.717, 1.165) is 17.8 Å². The summed E-state index contributed by atoms with van der Waals surface area (Å²) in [6, 6.07) is 3.87. The summed E-state index contributed by atoms with van der Waals surface area (Å²) in [7, 11) is 0. The summed E-state index contributed by atoms with van der Waals surface area (Å²) in [6.45, 7) is 0. The van der Waals surface area contributed by atoms with Crippen LogP contribution in [0.3, 0.4) is 0 Å². The Bertz CT molecular complexity index is 301. The Balaban J connectivity index is 0.000000720. The van der Waals surface area contributed by atoms with Gasteiger partial charge in [-0.25, -0.2) is 4.98 Å². The Morgan fingerprint density at radius 1 is 1.42 bits per heavy atom. The maximum absolute atomic E-state index is 10.9. The highest BCUT2D eigenvalue weighted by atomic mass is 35.5. The average molecular weight is 185 g/mol. The van der Waals surface area contributed by atoms with Crippen molar-refractivity contribution in [2.75, 3.05) is 5.32 Å². The molecule has 1 aromatic rings. The van der Waals surface area contributed by atoms with Crippen LogP contribution >= 0.6 is 12.4 Å². The lowest BCUT2D eigenvalue weighted by atomic mass is 10.1. The molecule has 1 aliphatic rings. The van der Waals surface area contributed by atoms with Crippen LogP contribution in [0.15, 0.2) is 18.3 Å². The van der Waals surface area contributed by atoms with E-state index in [4.69, 9.17) is 0 Å². The fraction of sp³-hybridized carbons (Fsp3) is 0.250. The molecule has 4 heteroatoms. The standard InChI is InChI=1S/C8H8N2O.ClH/c11-7-4-3-6-2-1-5-9-8(6)10-7;/h1-2,5H,3-4H2,(H,9,10,11);1H. The van der Waals surface area contributed by atoms with Crippen LogP contribution in [0.1, 0.15) is 12.0 Å². The number of rotatable bonds is 0. The van der Waals surface area contributed by atoms with E-state index in [1.165, 1.54) is 0 Å². The number of nitrogens with zero attached hydrogens (tertiary/aromatic N) is 1. The van der Waals surface area contributed by atoms with Crippen LogP contribution in [0.2, 0.25) is 0 Å². The van der Waals surface area contributed by atoms with Crippen LogP contribution in [0.5, 0.6) is 0 Å². The smallest absolute Gasteiger partial charge is 0.225 e. The highest BCUT2D eigenvalue weighted by Crippen LogP contribution is 2.17. The third-order valence-electron chi connectivity index (χ3n) is 1.77. The minimum Gasteiger partial charge on any atom is -0.310 e. The molecule has 3 nitrogen and oxygen atoms in total. The molecule has 0 saturated heterocycles. The molecule has 0 atom stereocenters. The molecule has 0 radical (unpaired) electrons. The van der Waals surface area contributed by atoms with Crippen molar-refractivity contribution in [1.29, 1.82) is 0 Å². The SMILES string of the molecule is Cl.O=C1CCc2cccnc2N1. The van der Waals surface area contributed by atoms with Crippen molar-refractivity contribution < 1.29 is 4.79 Å². The van der Waals surface area contributed by atoms with Crippen molar-refractivity contribution in [1.82, 2.24) is 4.98 Å². The number of aryl methyl sites for hydroxylation is 1. The van der Waals surface area contributed by atoms with E-state index < -0.39 is 0 Å². The van der Waals surface area contributed by atoms with Gasteiger partial charge in [0.05, 0.1) is 0 Å². The summed E-state index contributed by atoms with van der Waals surface area (Å²) in [6.07, 6.45) is 3.08. The lowest BCUT2D eigenvalue weighted by molar-refractivity contribution is -0.116. The largest absolute Gasteiger partial charge is 0.310 e. The van der Waals surface area contributed by atoms with Crippen LogP contribution in [-0.2, 0) is 11.2 Å². The van der Waals surface area contributed by atoms with Gasteiger partial charge >= 0.3 is 0 Å². The van der Waals surface area contributed by atoms with Crippen LogP contribution in [0.25, 0.3) is 0 Å². The zero-order valence-electron chi connectivity index (χ0n) is 6.41. The molecule has 12 heavy (non-hydrogen) atoms. The second-order valence-electron chi connectivity index (χ2n) is 2.56. The van der Waals surface area contributed by atoms with Gasteiger partial charge in [-0.05, 0) is 18.1 Å². The van der Waals surface area contributed by atoms with Gasteiger partial charge in [-0.15, -0.1) is 12.4 Å². The first-order valence-corrected chi connectivity index (χ1v) is 3.60. The average Bonchev–Trinajstić information content (AvgIpc) is 2.04. The van der Waals surface area contributed by atoms with Gasteiger partial charge < -0.3 is 5.32 Å². The monoisotopic (exact) mass is 184 g/mol. The van der Waals surface area contributed by atoms with E-state index in [0.29, 0.717) is 6.42 Å². The van der Waals surface area contributed by atoms with Gasteiger partial charge in [-0.2, -0.15) is 0 Å². The number of carbonyl (C=O) groups is 1. The van der Waals surface area contributed by atoms with Gasteiger partial charge in [-0.1, -0.05) is 6.07 Å². The molecule has 0 spiro atoms. The van der Waals surface area contributed by atoms with Crippen LogP contribution < -0.4 is 5.32 Å². The Morgan fingerprint density at radius 3 is 3.08 bits per heavy atom. The highest BCUT2D eigenvalue weighted by Gasteiger charge is 2.13. The number of carbonyl (C=O) groups excluding carboxylic acids is 1. The minimum atomic E-state index is 0. The first kappa shape index (κ1) is 9.00. The second kappa shape index (κ2) is 3.54. The number of fused-ring (bicyclic) bond motifs is 1. The van der Waals surface area contributed by atoms with Crippen LogP contribution in [-0.4, -0.2) is 10.9 Å². The fourth-order valence-electron chi connectivity index (χ4n) is 1.20. The van der Waals surface area contributed by atoms with Gasteiger partial charge in [0.25, 0.3) is 0 Å². The number of pyridine rings is 1. The van der Waals surface area contributed by atoms with E-state index in [1.54, 1.807) is 6.20 Å². The third kappa shape index (κ3) is 1.56. The minimum absolute atomic E-state index is 0. The fourth-order valence-corrected chi connectivity index (χ4v) is 1.20. The number of aromatic nitrogens is 1. The lowest BCUT2D eigenvalue weighted by Crippen LogP contribution is -2.19. The quantitative estimate of drug-likeness (QED) is 0.662. The Kier molecular flexibility index (Phi) is 2.65. The molecule has 0 fully saturated rings. The molecule has 1 amide bonds. The predicted octanol–water partition coefficient (Wildman–Crippen LogP) is 1.39. The predicted molar refractivity (Wildman–Crippen MR) is 48.4 cm³/mol. The maximum Gasteiger partial charge on any atom is 0.225 e. The van der Waals surface area contributed by atoms with Gasteiger partial charge in [-0.3, -0.25) is 4.79 Å². The third-order valence-corrected chi connectivity index (χ3v) is 1.77. The number of anilines is 1. The van der Waals surface area contributed by atoms with E-state index in [-0.39, 0.29) is 18.3 Å². The maximum atomic E-state index is 10.9. The van der Waals surface area contributed by atoms with Crippen molar-refractivity contribution in [2.24, 2.45) is 0 Å². The van der Waals surface area contributed by atoms with E-state index in [2.05, 4.69) is 10.3 Å². The molecular weight excluding hydrogens is 176 g/mol. The van der Waals surface area contributed by atoms with E-state index >= 15 is 0 Å². The molecule has 1 N–H and O–H groups in total. The van der Waals surface area contributed by atoms with E-state index in [9.17, 15) is 4.79 Å². The molecule has 1 aliphatic heterocycles. The van der Waals surface area contributed by atoms with Crippen LogP contribution in [0.4, 0.5) is 5.82 Å². The molecule has 0 bridgehead atoms. The van der Waals surface area contributed by atoms with Gasteiger partial charge in [0, 0.05) is 12.6 Å². The van der Waals surface area contributed by atoms with Crippen molar-refractivity contribution >= 4 is 24.1 Å². The number of halogens is 1. The van der Waals surface area contributed by atoms with Crippen molar-refractivity contribution in [3.05, 3.63) is 23.9 Å². The first-order valence-electron chi connectivity index (χ1n) is 3.60. The number of nitrogens with one attached hydrogen (secondary N) is 1. The van der Waals surface area contributed by atoms with Crippen molar-refractivity contribution in [2.45, 2.75) is 12.8 Å².